The van der Waals surface area contributed by atoms with Gasteiger partial charge in [0.2, 0.25) is 23.6 Å². The van der Waals surface area contributed by atoms with Crippen LogP contribution < -0.4 is 33.2 Å². The Hall–Kier alpha value is -4.33. The summed E-state index contributed by atoms with van der Waals surface area (Å²) in [5.74, 6) is -2.65. The average Bonchev–Trinajstić information content (AvgIpc) is 3.54. The molecule has 13 heteroatoms. The third kappa shape index (κ3) is 12.1. The predicted octanol–water partition coefficient (Wildman–Crippen LogP) is 1.48. The number of carbonyl (C=O) groups excluding carboxylic acids is 5. The van der Waals surface area contributed by atoms with E-state index in [4.69, 9.17) is 21.9 Å². The number of methoxy groups -OCH3 is 1. The highest BCUT2D eigenvalue weighted by Crippen LogP contribution is 2.22. The quantitative estimate of drug-likeness (QED) is 0.0921. The van der Waals surface area contributed by atoms with Crippen LogP contribution in [0.3, 0.4) is 0 Å². The van der Waals surface area contributed by atoms with Crippen LogP contribution in [0.5, 0.6) is 0 Å². The number of nitrogens with zero attached hydrogens (tertiary/aromatic N) is 1. The number of esters is 1. The van der Waals surface area contributed by atoms with E-state index in [0.717, 1.165) is 11.1 Å². The number of nitrogens with one attached hydrogen (secondary N) is 3. The summed E-state index contributed by atoms with van der Waals surface area (Å²) in [6.07, 6.45) is 2.82. The van der Waals surface area contributed by atoms with Crippen molar-refractivity contribution in [3.05, 3.63) is 71.8 Å². The van der Waals surface area contributed by atoms with E-state index >= 15 is 0 Å². The first kappa shape index (κ1) is 41.1. The molecule has 1 aliphatic heterocycles. The van der Waals surface area contributed by atoms with Gasteiger partial charge in [-0.05, 0) is 62.1 Å². The van der Waals surface area contributed by atoms with Crippen LogP contribution in [0.4, 0.5) is 0 Å². The van der Waals surface area contributed by atoms with E-state index in [1.165, 1.54) is 12.0 Å². The van der Waals surface area contributed by atoms with E-state index in [0.29, 0.717) is 38.6 Å². The Labute approximate surface area is 301 Å². The van der Waals surface area contributed by atoms with Gasteiger partial charge in [-0.3, -0.25) is 19.2 Å². The summed E-state index contributed by atoms with van der Waals surface area (Å²) in [7, 11) is 1.25. The fourth-order valence-electron chi connectivity index (χ4n) is 6.19. The number of ether oxygens (including phenoxy) is 1. The highest BCUT2D eigenvalue weighted by molar-refractivity contribution is 5.95. The molecule has 51 heavy (non-hydrogen) atoms. The Morgan fingerprint density at radius 2 is 1.39 bits per heavy atom. The Balaban J connectivity index is 1.82. The molecule has 0 spiro atoms. The number of unbranched alkanes of at least 4 members (excludes halogenated alkanes) is 1. The molecule has 0 bridgehead atoms. The van der Waals surface area contributed by atoms with Gasteiger partial charge < -0.3 is 42.8 Å². The van der Waals surface area contributed by atoms with Crippen molar-refractivity contribution >= 4 is 29.6 Å². The minimum Gasteiger partial charge on any atom is -0.468 e. The second kappa shape index (κ2) is 19.9. The number of amides is 4. The molecule has 1 heterocycles. The third-order valence-corrected chi connectivity index (χ3v) is 9.51. The van der Waals surface area contributed by atoms with Crippen LogP contribution >= 0.6 is 0 Å². The molecule has 1 aliphatic rings. The van der Waals surface area contributed by atoms with Gasteiger partial charge >= 0.3 is 5.97 Å². The number of rotatable bonds is 19. The monoisotopic (exact) mass is 707 g/mol. The maximum atomic E-state index is 14.0. The van der Waals surface area contributed by atoms with E-state index in [2.05, 4.69) is 16.0 Å². The molecule has 1 fully saturated rings. The van der Waals surface area contributed by atoms with Gasteiger partial charge in [-0.15, -0.1) is 0 Å². The summed E-state index contributed by atoms with van der Waals surface area (Å²) >= 11 is 0. The molecule has 13 nitrogen and oxygen atoms in total. The number of hydrogen-bond acceptors (Lipinski definition) is 9. The van der Waals surface area contributed by atoms with Crippen molar-refractivity contribution in [2.24, 2.45) is 23.1 Å². The molecule has 0 radical (unpaired) electrons. The summed E-state index contributed by atoms with van der Waals surface area (Å²) in [5, 5.41) is 8.61. The number of nitrogens with two attached hydrogens (primary N) is 3. The molecule has 6 atom stereocenters. The van der Waals surface area contributed by atoms with Gasteiger partial charge in [0.15, 0.2) is 0 Å². The maximum absolute atomic E-state index is 14.0. The molecule has 2 aromatic rings. The van der Waals surface area contributed by atoms with Crippen molar-refractivity contribution in [3.8, 4) is 0 Å². The molecule has 0 aliphatic carbocycles. The van der Waals surface area contributed by atoms with Crippen molar-refractivity contribution in [2.45, 2.75) is 101 Å². The molecule has 3 rings (SSSR count). The minimum atomic E-state index is -1.33. The molecule has 280 valence electrons. The summed E-state index contributed by atoms with van der Waals surface area (Å²) in [6.45, 7) is 6.49. The van der Waals surface area contributed by atoms with Crippen molar-refractivity contribution in [1.82, 2.24) is 20.9 Å². The molecule has 2 aromatic carbocycles. The molecule has 1 unspecified atom stereocenters. The van der Waals surface area contributed by atoms with Gasteiger partial charge in [-0.2, -0.15) is 0 Å². The lowest BCUT2D eigenvalue weighted by molar-refractivity contribution is -0.147. The summed E-state index contributed by atoms with van der Waals surface area (Å²) in [4.78, 5) is 69.0. The van der Waals surface area contributed by atoms with E-state index in [1.54, 1.807) is 0 Å². The Morgan fingerprint density at radius 1 is 0.804 bits per heavy atom. The molecular formula is C38H57N7O6. The fourth-order valence-corrected chi connectivity index (χ4v) is 6.19. The molecule has 9 N–H and O–H groups in total. The van der Waals surface area contributed by atoms with E-state index < -0.39 is 53.4 Å². The third-order valence-electron chi connectivity index (χ3n) is 9.51. The minimum absolute atomic E-state index is 0.0405. The predicted molar refractivity (Wildman–Crippen MR) is 196 cm³/mol. The molecule has 1 saturated heterocycles. The van der Waals surface area contributed by atoms with Gasteiger partial charge in [-0.1, -0.05) is 81.4 Å². The summed E-state index contributed by atoms with van der Waals surface area (Å²) in [6, 6.07) is 14.8. The number of benzene rings is 2. The Bertz CT molecular complexity index is 1440. The smallest absolute Gasteiger partial charge is 0.327 e. The van der Waals surface area contributed by atoms with Gasteiger partial charge in [0.1, 0.15) is 23.7 Å². The van der Waals surface area contributed by atoms with E-state index in [-0.39, 0.29) is 43.7 Å². The van der Waals surface area contributed by atoms with E-state index in [9.17, 15) is 24.0 Å². The zero-order chi connectivity index (χ0) is 37.6. The number of carbonyl (C=O) groups is 5. The standard InChI is InChI=1S/C38H57N7O6/c1-25(2)18-19-29(33(46)43-30(17-11-12-21-39)36(49)45-22-20-38(41,24-45)37(50)51-4)42-34(47)31(23-27-13-7-5-8-14-27)44-35(48)32(40)26(3)28-15-9-6-10-16-28/h5-10,13-16,25-26,29-32H,11-12,17-24,39-41H2,1-4H3,(H,42,47)(H,43,46)(H,44,48)/t26-,29-,30-,31-,32-,38?/m1/s1. The SMILES string of the molecule is COC(=O)C1(N)CCN(C(=O)[C@@H](CCCCN)NC(=O)[C@@H](CCC(C)C)NC(=O)[C@@H](Cc2ccccc2)NC(=O)[C@H](N)[C@H](C)c2ccccc2)C1. The van der Waals surface area contributed by atoms with Crippen LogP contribution in [0.2, 0.25) is 0 Å². The highest BCUT2D eigenvalue weighted by Gasteiger charge is 2.45. The maximum Gasteiger partial charge on any atom is 0.327 e. The Morgan fingerprint density at radius 3 is 2.00 bits per heavy atom. The van der Waals surface area contributed by atoms with Crippen LogP contribution in [0.1, 0.15) is 76.3 Å². The lowest BCUT2D eigenvalue weighted by Gasteiger charge is -2.29. The first-order valence-corrected chi connectivity index (χ1v) is 17.9. The normalized spacial score (nSPS) is 18.6. The van der Waals surface area contributed by atoms with Crippen LogP contribution in [0, 0.1) is 5.92 Å². The van der Waals surface area contributed by atoms with Gasteiger partial charge in [0, 0.05) is 25.4 Å². The van der Waals surface area contributed by atoms with Crippen molar-refractivity contribution < 1.29 is 28.7 Å². The molecular weight excluding hydrogens is 650 g/mol. The zero-order valence-electron chi connectivity index (χ0n) is 30.4. The van der Waals surface area contributed by atoms with Crippen LogP contribution in [-0.2, 0) is 35.1 Å². The fraction of sp³-hybridized carbons (Fsp3) is 0.553. The van der Waals surface area contributed by atoms with Gasteiger partial charge in [-0.25, -0.2) is 4.79 Å². The van der Waals surface area contributed by atoms with Crippen molar-refractivity contribution in [3.63, 3.8) is 0 Å². The lowest BCUT2D eigenvalue weighted by Crippen LogP contribution is -2.59. The Kier molecular flexibility index (Phi) is 16.0. The van der Waals surface area contributed by atoms with Crippen LogP contribution in [0.25, 0.3) is 0 Å². The molecule has 4 amide bonds. The van der Waals surface area contributed by atoms with Crippen LogP contribution in [-0.4, -0.2) is 90.9 Å². The van der Waals surface area contributed by atoms with Gasteiger partial charge in [0.05, 0.1) is 13.2 Å². The second-order valence-electron chi connectivity index (χ2n) is 14.0. The molecule has 0 aromatic heterocycles. The topological polar surface area (TPSA) is 212 Å². The number of hydrogen-bond donors (Lipinski definition) is 6. The average molecular weight is 708 g/mol. The zero-order valence-corrected chi connectivity index (χ0v) is 30.4. The molecule has 0 saturated carbocycles. The lowest BCUT2D eigenvalue weighted by atomic mass is 9.93. The van der Waals surface area contributed by atoms with Gasteiger partial charge in [0.25, 0.3) is 0 Å². The van der Waals surface area contributed by atoms with Crippen molar-refractivity contribution in [2.75, 3.05) is 26.7 Å². The summed E-state index contributed by atoms with van der Waals surface area (Å²) in [5.41, 5.74) is 18.8. The second-order valence-corrected chi connectivity index (χ2v) is 14.0. The van der Waals surface area contributed by atoms with E-state index in [1.807, 2.05) is 81.4 Å². The first-order valence-electron chi connectivity index (χ1n) is 17.9. The largest absolute Gasteiger partial charge is 0.468 e. The summed E-state index contributed by atoms with van der Waals surface area (Å²) < 4.78 is 4.85. The van der Waals surface area contributed by atoms with Crippen LogP contribution in [0.15, 0.2) is 60.7 Å². The first-order chi connectivity index (χ1) is 24.3. The van der Waals surface area contributed by atoms with Crippen molar-refractivity contribution in [1.29, 1.82) is 0 Å². The number of likely N-dealkylation sites (tertiary alicyclic amines) is 1. The highest BCUT2D eigenvalue weighted by atomic mass is 16.5.